The van der Waals surface area contributed by atoms with Gasteiger partial charge in [-0.05, 0) is 18.6 Å². The number of halogens is 3. The maximum atomic E-state index is 15.1. The van der Waals surface area contributed by atoms with E-state index in [0.29, 0.717) is 41.1 Å². The highest BCUT2D eigenvalue weighted by Crippen LogP contribution is 2.42. The molecule has 0 saturated carbocycles. The Morgan fingerprint density at radius 1 is 1.23 bits per heavy atom. The summed E-state index contributed by atoms with van der Waals surface area (Å²) in [5.41, 5.74) is -2.32. The van der Waals surface area contributed by atoms with Crippen molar-refractivity contribution in [2.45, 2.75) is 31.5 Å². The molecule has 1 N–H and O–H groups in total. The zero-order chi connectivity index (χ0) is 24.7. The molecule has 7 nitrogen and oxygen atoms in total. The highest BCUT2D eigenvalue weighted by molar-refractivity contribution is 7.17. The van der Waals surface area contributed by atoms with Crippen molar-refractivity contribution in [3.05, 3.63) is 53.1 Å². The predicted octanol–water partition coefficient (Wildman–Crippen LogP) is 4.55. The van der Waals surface area contributed by atoms with Crippen LogP contribution >= 0.6 is 9.24 Å². The zero-order valence-corrected chi connectivity index (χ0v) is 20.1. The first-order valence-electron chi connectivity index (χ1n) is 11.3. The molecule has 1 aromatic heterocycles. The van der Waals surface area contributed by atoms with Crippen LogP contribution in [0.1, 0.15) is 36.2 Å². The summed E-state index contributed by atoms with van der Waals surface area (Å²) in [6.45, 7) is 2.66. The number of nitrogens with zero attached hydrogens (tertiary/aromatic N) is 3. The third-order valence-corrected chi connectivity index (χ3v) is 6.51. The van der Waals surface area contributed by atoms with Gasteiger partial charge in [-0.25, -0.2) is 14.4 Å². The van der Waals surface area contributed by atoms with Gasteiger partial charge in [-0.2, -0.15) is 8.78 Å². The van der Waals surface area contributed by atoms with E-state index in [1.165, 1.54) is 17.0 Å². The number of carbonyl (C=O) groups excluding carboxylic acids is 1. The fourth-order valence-electron chi connectivity index (χ4n) is 4.29. The molecular formula is C24H24F3N4O3P. The largest absolute Gasteiger partial charge is 0.493 e. The van der Waals surface area contributed by atoms with Crippen molar-refractivity contribution in [2.24, 2.45) is 0 Å². The van der Waals surface area contributed by atoms with Crippen LogP contribution in [0.2, 0.25) is 0 Å². The fraction of sp³-hybridized carbons (Fsp3) is 0.375. The van der Waals surface area contributed by atoms with Gasteiger partial charge in [0, 0.05) is 36.0 Å². The molecule has 0 spiro atoms. The van der Waals surface area contributed by atoms with Crippen LogP contribution in [-0.2, 0) is 21.7 Å². The van der Waals surface area contributed by atoms with Crippen LogP contribution in [0.3, 0.4) is 0 Å². The van der Waals surface area contributed by atoms with E-state index >= 15 is 4.39 Å². The van der Waals surface area contributed by atoms with E-state index < -0.39 is 11.5 Å². The summed E-state index contributed by atoms with van der Waals surface area (Å²) in [7, 11) is 1.56. The standard InChI is InChI=1S/C24H24F3N4O3P/c1-13-5-7-34-21-14(3-2-4-16(21)24(26,27)35)11-28-23-15-9-19(31-6-8-33-12-20(31)32)17(25)10-18(15)29-22(13)30-23/h2-4,9-10,13H,5-8,11-12,35H2,1H3,(H,28,29,30). The summed E-state index contributed by atoms with van der Waals surface area (Å²) in [6, 6.07) is 7.47. The minimum Gasteiger partial charge on any atom is -0.493 e. The summed E-state index contributed by atoms with van der Waals surface area (Å²) in [5.74, 6) is -0.0337. The van der Waals surface area contributed by atoms with E-state index in [2.05, 4.69) is 15.3 Å². The number of hydrogen-bond donors (Lipinski definition) is 1. The van der Waals surface area contributed by atoms with Gasteiger partial charge in [0.1, 0.15) is 29.8 Å². The van der Waals surface area contributed by atoms with Gasteiger partial charge in [0.05, 0.1) is 30.0 Å². The summed E-state index contributed by atoms with van der Waals surface area (Å²) >= 11 is 0. The molecule has 35 heavy (non-hydrogen) atoms. The summed E-state index contributed by atoms with van der Waals surface area (Å²) in [4.78, 5) is 22.9. The average Bonchev–Trinajstić information content (AvgIpc) is 2.83. The average molecular weight is 504 g/mol. The van der Waals surface area contributed by atoms with Gasteiger partial charge in [-0.3, -0.25) is 4.79 Å². The maximum Gasteiger partial charge on any atom is 0.287 e. The lowest BCUT2D eigenvalue weighted by molar-refractivity contribution is -0.125. The molecule has 11 heteroatoms. The van der Waals surface area contributed by atoms with E-state index in [4.69, 9.17) is 9.47 Å². The predicted molar refractivity (Wildman–Crippen MR) is 129 cm³/mol. The maximum absolute atomic E-state index is 15.1. The number of amides is 1. The van der Waals surface area contributed by atoms with Crippen molar-refractivity contribution < 1.29 is 27.4 Å². The second-order valence-corrected chi connectivity index (χ2v) is 9.38. The molecule has 5 rings (SSSR count). The molecule has 2 aliphatic rings. The summed E-state index contributed by atoms with van der Waals surface area (Å²) in [5, 5.41) is 3.73. The third kappa shape index (κ3) is 4.65. The first-order chi connectivity index (χ1) is 16.7. The number of carbonyl (C=O) groups is 1. The lowest BCUT2D eigenvalue weighted by Gasteiger charge is -2.27. The molecule has 2 aliphatic heterocycles. The van der Waals surface area contributed by atoms with Crippen LogP contribution in [0, 0.1) is 5.82 Å². The number of hydrogen-bond acceptors (Lipinski definition) is 6. The Kier molecular flexibility index (Phi) is 6.27. The van der Waals surface area contributed by atoms with E-state index in [-0.39, 0.29) is 55.1 Å². The van der Waals surface area contributed by atoms with Crippen LogP contribution in [0.4, 0.5) is 24.7 Å². The van der Waals surface area contributed by atoms with Crippen LogP contribution in [0.25, 0.3) is 10.9 Å². The molecule has 1 fully saturated rings. The van der Waals surface area contributed by atoms with Gasteiger partial charge in [-0.1, -0.05) is 28.3 Å². The molecular weight excluding hydrogens is 480 g/mol. The number of aromatic nitrogens is 2. The number of fused-ring (bicyclic) bond motifs is 5. The fourth-order valence-corrected chi connectivity index (χ4v) is 4.52. The van der Waals surface area contributed by atoms with E-state index in [1.54, 1.807) is 27.4 Å². The number of alkyl halides is 2. The van der Waals surface area contributed by atoms with E-state index in [0.717, 1.165) is 0 Å². The number of nitrogens with one attached hydrogen (secondary N) is 1. The van der Waals surface area contributed by atoms with Gasteiger partial charge in [0.2, 0.25) is 0 Å². The second-order valence-electron chi connectivity index (χ2n) is 8.66. The summed E-state index contributed by atoms with van der Waals surface area (Å²) in [6.07, 6.45) is 0.476. The number of ether oxygens (including phenoxy) is 2. The van der Waals surface area contributed by atoms with Crippen LogP contribution in [-0.4, -0.2) is 42.2 Å². The van der Waals surface area contributed by atoms with Crippen LogP contribution < -0.4 is 15.0 Å². The molecule has 0 radical (unpaired) electrons. The molecule has 2 bridgehead atoms. The Hall–Kier alpha value is -2.97. The molecule has 1 amide bonds. The van der Waals surface area contributed by atoms with E-state index in [1.807, 2.05) is 6.92 Å². The van der Waals surface area contributed by atoms with Crippen molar-refractivity contribution in [1.29, 1.82) is 0 Å². The van der Waals surface area contributed by atoms with Gasteiger partial charge in [0.15, 0.2) is 0 Å². The number of anilines is 2. The van der Waals surface area contributed by atoms with Crippen LogP contribution in [0.5, 0.6) is 5.75 Å². The van der Waals surface area contributed by atoms with Crippen molar-refractivity contribution in [3.63, 3.8) is 0 Å². The normalized spacial score (nSPS) is 18.9. The highest BCUT2D eigenvalue weighted by Gasteiger charge is 2.31. The lowest BCUT2D eigenvalue weighted by atomic mass is 10.1. The van der Waals surface area contributed by atoms with Gasteiger partial charge in [0.25, 0.3) is 11.6 Å². The molecule has 3 heterocycles. The second kappa shape index (κ2) is 9.24. The number of morpholine rings is 1. The quantitative estimate of drug-likeness (QED) is 0.516. The molecule has 3 aromatic rings. The molecule has 2 aromatic carbocycles. The first-order valence-corrected chi connectivity index (χ1v) is 11.8. The third-order valence-electron chi connectivity index (χ3n) is 6.20. The smallest absolute Gasteiger partial charge is 0.287 e. The van der Waals surface area contributed by atoms with Crippen molar-refractivity contribution in [2.75, 3.05) is 36.6 Å². The minimum absolute atomic E-state index is 0.116. The van der Waals surface area contributed by atoms with Crippen molar-refractivity contribution in [1.82, 2.24) is 9.97 Å². The number of para-hydroxylation sites is 1. The molecule has 184 valence electrons. The van der Waals surface area contributed by atoms with E-state index in [9.17, 15) is 13.6 Å². The molecule has 0 aliphatic carbocycles. The molecule has 2 atom stereocenters. The zero-order valence-electron chi connectivity index (χ0n) is 19.0. The number of rotatable bonds is 2. The van der Waals surface area contributed by atoms with Gasteiger partial charge < -0.3 is 19.7 Å². The Balaban J connectivity index is 1.62. The monoisotopic (exact) mass is 504 g/mol. The Bertz CT molecular complexity index is 1300. The Labute approximate surface area is 202 Å². The van der Waals surface area contributed by atoms with Crippen LogP contribution in [0.15, 0.2) is 30.3 Å². The first kappa shape index (κ1) is 23.8. The Morgan fingerprint density at radius 2 is 2.06 bits per heavy atom. The summed E-state index contributed by atoms with van der Waals surface area (Å²) < 4.78 is 54.6. The van der Waals surface area contributed by atoms with Crippen molar-refractivity contribution >= 4 is 37.6 Å². The molecule has 1 saturated heterocycles. The van der Waals surface area contributed by atoms with Gasteiger partial charge in [-0.15, -0.1) is 0 Å². The minimum atomic E-state index is -3.15. The highest BCUT2D eigenvalue weighted by atomic mass is 31.0. The lowest BCUT2D eigenvalue weighted by Crippen LogP contribution is -2.42. The number of benzene rings is 2. The topological polar surface area (TPSA) is 76.6 Å². The SMILES string of the molecule is CC1CCOc2c(cccc2C(F)(F)P)CNc2nc1nc1cc(F)c(N3CCOCC3=O)cc21. The van der Waals surface area contributed by atoms with Gasteiger partial charge >= 0.3 is 0 Å². The van der Waals surface area contributed by atoms with Crippen molar-refractivity contribution in [3.8, 4) is 5.75 Å². The molecule has 2 unspecified atom stereocenters. The Morgan fingerprint density at radius 3 is 2.83 bits per heavy atom.